The maximum absolute atomic E-state index is 5.18. The topological polar surface area (TPSA) is 34.1 Å². The molecule has 0 rings (SSSR count). The Hall–Kier alpha value is -0.120. The molecule has 0 saturated heterocycles. The summed E-state index contributed by atoms with van der Waals surface area (Å²) in [5.41, 5.74) is 0. The summed E-state index contributed by atoms with van der Waals surface area (Å²) in [6.07, 6.45) is 1.41. The molecule has 2 N–H and O–H groups in total. The highest BCUT2D eigenvalue weighted by molar-refractivity contribution is 4.58. The Balaban J connectivity index is 3.20. The Morgan fingerprint density at radius 2 is 2.27 bits per heavy atom. The van der Waals surface area contributed by atoms with Crippen molar-refractivity contribution in [2.75, 3.05) is 33.9 Å². The molecule has 68 valence electrons. The van der Waals surface area contributed by atoms with Gasteiger partial charge in [-0.3, -0.25) is 0 Å². The summed E-state index contributed by atoms with van der Waals surface area (Å²) in [6.45, 7) is 4.90. The van der Waals surface area contributed by atoms with Gasteiger partial charge in [0, 0.05) is 13.7 Å². The van der Waals surface area contributed by atoms with Crippen molar-refractivity contribution in [3.8, 4) is 0 Å². The molecule has 0 saturated carbocycles. The highest BCUT2D eigenvalue weighted by Crippen LogP contribution is 1.86. The Kier molecular flexibility index (Phi) is 7.89. The lowest BCUT2D eigenvalue weighted by molar-refractivity contribution is -0.0599. The third kappa shape index (κ3) is 6.28. The van der Waals surface area contributed by atoms with Gasteiger partial charge in [0.05, 0.1) is 0 Å². The second-order valence-corrected chi connectivity index (χ2v) is 2.56. The van der Waals surface area contributed by atoms with E-state index >= 15 is 0 Å². The van der Waals surface area contributed by atoms with Crippen LogP contribution in [0.5, 0.6) is 0 Å². The van der Waals surface area contributed by atoms with E-state index in [9.17, 15) is 0 Å². The third-order valence-electron chi connectivity index (χ3n) is 1.52. The van der Waals surface area contributed by atoms with Crippen LogP contribution in [0.2, 0.25) is 0 Å². The van der Waals surface area contributed by atoms with Gasteiger partial charge in [0.15, 0.2) is 6.61 Å². The Bertz CT molecular complexity index is 78.5. The average Bonchev–Trinajstić information content (AvgIpc) is 2.03. The van der Waals surface area contributed by atoms with Crippen molar-refractivity contribution in [1.29, 1.82) is 0 Å². The zero-order chi connectivity index (χ0) is 8.53. The monoisotopic (exact) mass is 162 g/mol. The molecule has 0 aromatic heterocycles. The van der Waals surface area contributed by atoms with E-state index in [0.717, 1.165) is 19.7 Å². The van der Waals surface area contributed by atoms with Crippen LogP contribution in [-0.4, -0.2) is 44.8 Å². The van der Waals surface area contributed by atoms with Crippen molar-refractivity contribution in [3.63, 3.8) is 0 Å². The molecule has 3 nitrogen and oxygen atoms in total. The Morgan fingerprint density at radius 3 is 2.73 bits per heavy atom. The molecule has 0 spiro atoms. The fourth-order valence-corrected chi connectivity index (χ4v) is 0.866. The van der Waals surface area contributed by atoms with Crippen molar-refractivity contribution < 1.29 is 9.47 Å². The number of methoxy groups -OCH3 is 1. The second-order valence-electron chi connectivity index (χ2n) is 2.56. The summed E-state index contributed by atoms with van der Waals surface area (Å²) in [6, 6.07) is 0. The molecule has 0 aliphatic rings. The van der Waals surface area contributed by atoms with Gasteiger partial charge < -0.3 is 14.8 Å². The van der Waals surface area contributed by atoms with Crippen molar-refractivity contribution in [2.24, 2.45) is 0 Å². The van der Waals surface area contributed by atoms with Crippen LogP contribution < -0.4 is 5.32 Å². The van der Waals surface area contributed by atoms with E-state index in [1.54, 1.807) is 7.11 Å². The molecule has 1 atom stereocenters. The van der Waals surface area contributed by atoms with Gasteiger partial charge >= 0.3 is 0 Å². The predicted octanol–water partition coefficient (Wildman–Crippen LogP) is 0.159. The van der Waals surface area contributed by atoms with E-state index in [0.29, 0.717) is 0 Å². The molecular weight excluding hydrogens is 142 g/mol. The summed E-state index contributed by atoms with van der Waals surface area (Å²) >= 11 is 0. The molecule has 0 aromatic rings. The Labute approximate surface area is 69.1 Å². The van der Waals surface area contributed by atoms with Crippen LogP contribution in [0, 0.1) is 0 Å². The molecule has 0 fully saturated rings. The van der Waals surface area contributed by atoms with Crippen LogP contribution >= 0.6 is 0 Å². The molecule has 11 heavy (non-hydrogen) atoms. The van der Waals surface area contributed by atoms with E-state index in [4.69, 9.17) is 4.74 Å². The number of aliphatic hydroxyl groups is 2. The van der Waals surface area contributed by atoms with Gasteiger partial charge in [0.2, 0.25) is 0 Å². The molecule has 0 radical (unpaired) electrons. The van der Waals surface area contributed by atoms with E-state index in [1.165, 1.54) is 6.42 Å². The summed E-state index contributed by atoms with van der Waals surface area (Å²) in [5.74, 6) is 0. The molecular formula is C8H20NO2+. The first-order chi connectivity index (χ1) is 5.35. The number of hydrogen-bond acceptors (Lipinski definition) is 2. The maximum Gasteiger partial charge on any atom is 0.172 e. The fraction of sp³-hybridized carbons (Fsp3) is 1.00. The van der Waals surface area contributed by atoms with Crippen molar-refractivity contribution in [3.05, 3.63) is 0 Å². The van der Waals surface area contributed by atoms with E-state index in [2.05, 4.69) is 17.0 Å². The zero-order valence-electron chi connectivity index (χ0n) is 7.76. The third-order valence-corrected chi connectivity index (χ3v) is 1.52. The van der Waals surface area contributed by atoms with Crippen molar-refractivity contribution in [1.82, 2.24) is 5.32 Å². The standard InChI is InChI=1S/C8H19NO2/c1-4-5-9-6-8(11-3)7-10-2/h8-9H,4-7H2,1-3H3/p+1. The lowest BCUT2D eigenvalue weighted by atomic mass is 10.3. The van der Waals surface area contributed by atoms with Crippen molar-refractivity contribution >= 4 is 0 Å². The average molecular weight is 162 g/mol. The number of rotatable bonds is 7. The minimum Gasteiger partial charge on any atom is -0.434 e. The van der Waals surface area contributed by atoms with Crippen LogP contribution in [0.25, 0.3) is 0 Å². The van der Waals surface area contributed by atoms with Crippen LogP contribution in [0.1, 0.15) is 13.3 Å². The quantitative estimate of drug-likeness (QED) is 0.427. The molecule has 0 bridgehead atoms. The van der Waals surface area contributed by atoms with Crippen molar-refractivity contribution in [2.45, 2.75) is 19.4 Å². The number of hydrogen-bond donors (Lipinski definition) is 1. The lowest BCUT2D eigenvalue weighted by Crippen LogP contribution is -2.32. The molecule has 3 heteroatoms. The summed E-state index contributed by atoms with van der Waals surface area (Å²) in [4.78, 5) is 0. The summed E-state index contributed by atoms with van der Waals surface area (Å²) in [7, 11) is 3.54. The normalized spacial score (nSPS) is 13.4. The highest BCUT2D eigenvalue weighted by atomic mass is 16.5. The predicted molar refractivity (Wildman–Crippen MR) is 47.0 cm³/mol. The van der Waals surface area contributed by atoms with Gasteiger partial charge in [-0.1, -0.05) is 6.92 Å². The lowest BCUT2D eigenvalue weighted by Gasteiger charge is -2.11. The molecule has 1 unspecified atom stereocenters. The van der Waals surface area contributed by atoms with Gasteiger partial charge in [0.25, 0.3) is 0 Å². The van der Waals surface area contributed by atoms with Gasteiger partial charge in [-0.05, 0) is 13.0 Å². The van der Waals surface area contributed by atoms with Crippen LogP contribution in [0.4, 0.5) is 0 Å². The van der Waals surface area contributed by atoms with Gasteiger partial charge in [-0.2, -0.15) is 0 Å². The van der Waals surface area contributed by atoms with Gasteiger partial charge in [0.1, 0.15) is 13.2 Å². The smallest absolute Gasteiger partial charge is 0.172 e. The van der Waals surface area contributed by atoms with E-state index < -0.39 is 0 Å². The fourth-order valence-electron chi connectivity index (χ4n) is 0.866. The zero-order valence-corrected chi connectivity index (χ0v) is 7.76. The molecule has 0 heterocycles. The first-order valence-electron chi connectivity index (χ1n) is 4.14. The van der Waals surface area contributed by atoms with Gasteiger partial charge in [-0.25, -0.2) is 0 Å². The number of ether oxygens (including phenoxy) is 2. The van der Waals surface area contributed by atoms with E-state index in [-0.39, 0.29) is 6.10 Å². The first-order valence-corrected chi connectivity index (χ1v) is 4.14. The molecule has 0 aliphatic heterocycles. The minimum absolute atomic E-state index is 0.242. The summed E-state index contributed by atoms with van der Waals surface area (Å²) in [5, 5.41) is 3.29. The van der Waals surface area contributed by atoms with Crippen LogP contribution in [0.3, 0.4) is 0 Å². The molecule has 0 amide bonds. The van der Waals surface area contributed by atoms with Crippen LogP contribution in [-0.2, 0) is 4.74 Å². The second kappa shape index (κ2) is 7.98. The van der Waals surface area contributed by atoms with Crippen LogP contribution in [0.15, 0.2) is 0 Å². The van der Waals surface area contributed by atoms with E-state index in [1.807, 2.05) is 7.11 Å². The maximum atomic E-state index is 5.18. The molecule has 0 aliphatic carbocycles. The SMILES string of the molecule is CCCNCC(C[OH+]C)OC. The Morgan fingerprint density at radius 1 is 1.55 bits per heavy atom. The largest absolute Gasteiger partial charge is 0.434 e. The number of nitrogens with one attached hydrogen (secondary N) is 1. The first kappa shape index (κ1) is 10.9. The summed E-state index contributed by atoms with van der Waals surface area (Å²) < 4.78 is 9.20. The highest BCUT2D eigenvalue weighted by Gasteiger charge is 2.07. The minimum atomic E-state index is 0.242. The van der Waals surface area contributed by atoms with Gasteiger partial charge in [-0.15, -0.1) is 0 Å². The molecule has 0 aromatic carbocycles.